The second-order valence-corrected chi connectivity index (χ2v) is 10.9. The van der Waals surface area contributed by atoms with Crippen LogP contribution in [-0.2, 0) is 16.6 Å². The molecule has 8 nitrogen and oxygen atoms in total. The largest absolute Gasteiger partial charge is 0.496 e. The number of methoxy groups -OCH3 is 1. The molecule has 0 spiro atoms. The summed E-state index contributed by atoms with van der Waals surface area (Å²) in [4.78, 5) is 25.9. The van der Waals surface area contributed by atoms with Gasteiger partial charge in [0.15, 0.2) is 6.29 Å². The summed E-state index contributed by atoms with van der Waals surface area (Å²) in [5.74, 6) is 0.0894. The topological polar surface area (TPSA) is 96.6 Å². The zero-order chi connectivity index (χ0) is 28.3. The molecule has 0 saturated heterocycles. The Kier molecular flexibility index (Phi) is 7.39. The fourth-order valence-corrected chi connectivity index (χ4v) is 5.71. The number of hydrogen-bond donors (Lipinski definition) is 0. The van der Waals surface area contributed by atoms with Crippen molar-refractivity contribution in [3.8, 4) is 17.2 Å². The molecule has 2 heterocycles. The summed E-state index contributed by atoms with van der Waals surface area (Å²) in [7, 11) is -2.74. The number of carbonyl (C=O) groups excluding carboxylic acids is 2. The maximum atomic E-state index is 14.1. The van der Waals surface area contributed by atoms with Crippen LogP contribution in [-0.4, -0.2) is 36.1 Å². The van der Waals surface area contributed by atoms with Crippen LogP contribution in [0.2, 0.25) is 0 Å². The first kappa shape index (κ1) is 26.7. The minimum atomic E-state index is -4.17. The fraction of sp³-hybridized carbons (Fsp3) is 0.0968. The van der Waals surface area contributed by atoms with Crippen molar-refractivity contribution >= 4 is 22.1 Å². The Morgan fingerprint density at radius 3 is 2.35 bits per heavy atom. The van der Waals surface area contributed by atoms with Crippen molar-refractivity contribution in [1.29, 1.82) is 0 Å². The predicted molar refractivity (Wildman–Crippen MR) is 150 cm³/mol. The van der Waals surface area contributed by atoms with E-state index in [1.165, 1.54) is 42.1 Å². The molecule has 3 aromatic carbocycles. The molecule has 40 heavy (non-hydrogen) atoms. The molecule has 5 aromatic rings. The lowest BCUT2D eigenvalue weighted by molar-refractivity contribution is 0.102. The molecule has 0 aliphatic heterocycles. The van der Waals surface area contributed by atoms with Crippen molar-refractivity contribution in [3.05, 3.63) is 131 Å². The molecule has 2 aromatic heterocycles. The molecule has 0 unspecified atom stereocenters. The Morgan fingerprint density at radius 1 is 0.900 bits per heavy atom. The molecular formula is C31H26N2O6S. The van der Waals surface area contributed by atoms with Gasteiger partial charge in [0.05, 0.1) is 29.0 Å². The van der Waals surface area contributed by atoms with Crippen LogP contribution in [0.4, 0.5) is 0 Å². The second-order valence-electron chi connectivity index (χ2n) is 9.05. The molecule has 0 amide bonds. The zero-order valence-corrected chi connectivity index (χ0v) is 22.7. The summed E-state index contributed by atoms with van der Waals surface area (Å²) < 4.78 is 41.3. The Labute approximate surface area is 232 Å². The van der Waals surface area contributed by atoms with E-state index in [1.807, 2.05) is 37.3 Å². The number of rotatable bonds is 10. The molecule has 5 rings (SSSR count). The maximum Gasteiger partial charge on any atom is 0.268 e. The number of nitrogens with zero attached hydrogens (tertiary/aromatic N) is 2. The molecular weight excluding hydrogens is 528 g/mol. The second kappa shape index (κ2) is 11.1. The molecule has 9 heteroatoms. The van der Waals surface area contributed by atoms with Crippen LogP contribution in [0.3, 0.4) is 0 Å². The van der Waals surface area contributed by atoms with Gasteiger partial charge in [-0.15, -0.1) is 0 Å². The number of benzene rings is 3. The van der Waals surface area contributed by atoms with Gasteiger partial charge >= 0.3 is 0 Å². The van der Waals surface area contributed by atoms with E-state index >= 15 is 0 Å². The van der Waals surface area contributed by atoms with Gasteiger partial charge in [-0.05, 0) is 55.0 Å². The average molecular weight is 555 g/mol. The molecule has 0 saturated carbocycles. The molecule has 0 radical (unpaired) electrons. The third kappa shape index (κ3) is 5.06. The van der Waals surface area contributed by atoms with Crippen molar-refractivity contribution in [1.82, 2.24) is 8.54 Å². The van der Waals surface area contributed by atoms with Crippen molar-refractivity contribution < 1.29 is 27.5 Å². The third-order valence-corrected chi connectivity index (χ3v) is 8.14. The van der Waals surface area contributed by atoms with E-state index in [9.17, 15) is 18.0 Å². The summed E-state index contributed by atoms with van der Waals surface area (Å²) in [5.41, 5.74) is 2.36. The van der Waals surface area contributed by atoms with E-state index in [-0.39, 0.29) is 33.3 Å². The number of ketones is 1. The maximum absolute atomic E-state index is 14.1. The number of hydrogen-bond acceptors (Lipinski definition) is 6. The van der Waals surface area contributed by atoms with E-state index in [1.54, 1.807) is 42.6 Å². The standard InChI is InChI=1S/C31H26N2O6S/c1-22-10-13-26(14-11-22)40(36,37)33-18-16-28(32-17-6-9-24(32)20-34)30(33)31(35)27-15-12-25(19-29(27)38-2)39-21-23-7-4-3-5-8-23/h3-20H,21H2,1-2H3. The number of aryl methyl sites for hydroxylation is 1. The highest BCUT2D eigenvalue weighted by molar-refractivity contribution is 7.90. The van der Waals surface area contributed by atoms with Crippen molar-refractivity contribution in [2.45, 2.75) is 18.4 Å². The molecule has 0 aliphatic rings. The molecule has 0 N–H and O–H groups in total. The number of ether oxygens (including phenoxy) is 2. The van der Waals surface area contributed by atoms with Crippen LogP contribution in [0.15, 0.2) is 108 Å². The summed E-state index contributed by atoms with van der Waals surface area (Å²) >= 11 is 0. The molecule has 0 atom stereocenters. The van der Waals surface area contributed by atoms with Crippen molar-refractivity contribution in [2.24, 2.45) is 0 Å². The van der Waals surface area contributed by atoms with Crippen LogP contribution in [0.5, 0.6) is 11.5 Å². The monoisotopic (exact) mass is 554 g/mol. The third-order valence-electron chi connectivity index (χ3n) is 6.45. The van der Waals surface area contributed by atoms with E-state index < -0.39 is 15.8 Å². The van der Waals surface area contributed by atoms with Gasteiger partial charge in [0.2, 0.25) is 5.78 Å². The molecule has 0 fully saturated rings. The van der Waals surface area contributed by atoms with Crippen molar-refractivity contribution in [3.63, 3.8) is 0 Å². The Hall–Kier alpha value is -4.89. The lowest BCUT2D eigenvalue weighted by Crippen LogP contribution is -2.20. The first-order valence-corrected chi connectivity index (χ1v) is 13.8. The summed E-state index contributed by atoms with van der Waals surface area (Å²) in [5, 5.41) is 0. The SMILES string of the molecule is COc1cc(OCc2ccccc2)ccc1C(=O)c1c(-n2cccc2C=O)ccn1S(=O)(=O)c1ccc(C)cc1. The van der Waals surface area contributed by atoms with Gasteiger partial charge < -0.3 is 14.0 Å². The van der Waals surface area contributed by atoms with Gasteiger partial charge in [0.25, 0.3) is 10.0 Å². The summed E-state index contributed by atoms with van der Waals surface area (Å²) in [6.45, 7) is 2.17. The lowest BCUT2D eigenvalue weighted by atomic mass is 10.1. The van der Waals surface area contributed by atoms with Crippen LogP contribution < -0.4 is 9.47 Å². The minimum absolute atomic E-state index is 0.0223. The van der Waals surface area contributed by atoms with Gasteiger partial charge in [-0.3, -0.25) is 9.59 Å². The number of carbonyl (C=O) groups is 2. The average Bonchev–Trinajstić information content (AvgIpc) is 3.64. The predicted octanol–water partition coefficient (Wildman–Crippen LogP) is 5.46. The summed E-state index contributed by atoms with van der Waals surface area (Å²) in [6.07, 6.45) is 3.55. The van der Waals surface area contributed by atoms with E-state index in [0.717, 1.165) is 15.1 Å². The highest BCUT2D eigenvalue weighted by atomic mass is 32.2. The van der Waals surface area contributed by atoms with Gasteiger partial charge in [-0.1, -0.05) is 48.0 Å². The van der Waals surface area contributed by atoms with Crippen LogP contribution in [0.1, 0.15) is 37.7 Å². The number of aldehydes is 1. The molecule has 202 valence electrons. The first-order chi connectivity index (χ1) is 19.3. The molecule has 0 aliphatic carbocycles. The van der Waals surface area contributed by atoms with Gasteiger partial charge in [-0.2, -0.15) is 0 Å². The quantitative estimate of drug-likeness (QED) is 0.168. The highest BCUT2D eigenvalue weighted by Crippen LogP contribution is 2.31. The number of aromatic nitrogens is 2. The lowest BCUT2D eigenvalue weighted by Gasteiger charge is -2.15. The minimum Gasteiger partial charge on any atom is -0.496 e. The Balaban J connectivity index is 1.60. The van der Waals surface area contributed by atoms with Gasteiger partial charge in [0.1, 0.15) is 23.8 Å². The Morgan fingerprint density at radius 2 is 1.65 bits per heavy atom. The van der Waals surface area contributed by atoms with Crippen LogP contribution in [0.25, 0.3) is 5.69 Å². The van der Waals surface area contributed by atoms with E-state index in [4.69, 9.17) is 9.47 Å². The molecule has 0 bridgehead atoms. The highest BCUT2D eigenvalue weighted by Gasteiger charge is 2.30. The van der Waals surface area contributed by atoms with Gasteiger partial charge in [0, 0.05) is 18.5 Å². The zero-order valence-electron chi connectivity index (χ0n) is 21.9. The smallest absolute Gasteiger partial charge is 0.268 e. The van der Waals surface area contributed by atoms with Crippen molar-refractivity contribution in [2.75, 3.05) is 7.11 Å². The van der Waals surface area contributed by atoms with Gasteiger partial charge in [-0.25, -0.2) is 12.4 Å². The summed E-state index contributed by atoms with van der Waals surface area (Å²) in [6, 6.07) is 25.5. The Bertz CT molecular complexity index is 1790. The first-order valence-electron chi connectivity index (χ1n) is 12.4. The fourth-order valence-electron chi connectivity index (χ4n) is 4.37. The van der Waals surface area contributed by atoms with Crippen LogP contribution in [0, 0.1) is 6.92 Å². The van der Waals surface area contributed by atoms with E-state index in [2.05, 4.69) is 0 Å². The normalized spacial score (nSPS) is 11.2. The van der Waals surface area contributed by atoms with Crippen LogP contribution >= 0.6 is 0 Å². The van der Waals surface area contributed by atoms with E-state index in [0.29, 0.717) is 18.6 Å².